The van der Waals surface area contributed by atoms with E-state index < -0.39 is 18.3 Å². The van der Waals surface area contributed by atoms with Crippen molar-refractivity contribution in [2.45, 2.75) is 25.2 Å². The third kappa shape index (κ3) is 5.94. The number of ether oxygens (including phenoxy) is 1. The second-order valence-electron chi connectivity index (χ2n) is 5.57. The van der Waals surface area contributed by atoms with Crippen molar-refractivity contribution in [2.75, 3.05) is 12.3 Å². The third-order valence-electron chi connectivity index (χ3n) is 3.65. The van der Waals surface area contributed by atoms with Crippen molar-refractivity contribution < 1.29 is 19.7 Å². The lowest BCUT2D eigenvalue weighted by Gasteiger charge is -2.19. The van der Waals surface area contributed by atoms with E-state index in [0.717, 1.165) is 5.56 Å². The lowest BCUT2D eigenvalue weighted by Crippen LogP contribution is -2.29. The summed E-state index contributed by atoms with van der Waals surface area (Å²) >= 11 is 5.90. The topological polar surface area (TPSA) is 105 Å². The van der Waals surface area contributed by atoms with E-state index in [0.29, 0.717) is 16.3 Å². The number of hydrogen-bond donors (Lipinski definition) is 4. The Morgan fingerprint density at radius 3 is 2.60 bits per heavy atom. The second-order valence-corrected chi connectivity index (χ2v) is 5.98. The highest BCUT2D eigenvalue weighted by molar-refractivity contribution is 6.33. The summed E-state index contributed by atoms with van der Waals surface area (Å²) < 4.78 is 5.06. The highest BCUT2D eigenvalue weighted by Gasteiger charge is 2.19. The molecule has 0 fully saturated rings. The van der Waals surface area contributed by atoms with Gasteiger partial charge in [-0.3, -0.25) is 0 Å². The molecule has 25 heavy (non-hydrogen) atoms. The van der Waals surface area contributed by atoms with Crippen LogP contribution in [0.4, 0.5) is 10.5 Å². The van der Waals surface area contributed by atoms with Crippen molar-refractivity contribution in [3.8, 4) is 0 Å². The molecular weight excluding hydrogens is 344 g/mol. The van der Waals surface area contributed by atoms with E-state index in [1.807, 2.05) is 30.3 Å². The van der Waals surface area contributed by atoms with Gasteiger partial charge in [0.1, 0.15) is 12.7 Å². The van der Waals surface area contributed by atoms with Crippen molar-refractivity contribution >= 4 is 23.4 Å². The number of aliphatic hydroxyl groups excluding tert-OH is 2. The second kappa shape index (κ2) is 9.27. The summed E-state index contributed by atoms with van der Waals surface area (Å²) in [5.41, 5.74) is 7.35. The number of benzene rings is 2. The van der Waals surface area contributed by atoms with E-state index in [-0.39, 0.29) is 19.6 Å². The average Bonchev–Trinajstić information content (AvgIpc) is 2.62. The SMILES string of the molecule is Nc1ccc(C(O)C(O)CCNC(=O)OCc2ccccc2)cc1Cl. The largest absolute Gasteiger partial charge is 0.445 e. The van der Waals surface area contributed by atoms with Gasteiger partial charge in [0.25, 0.3) is 0 Å². The van der Waals surface area contributed by atoms with Gasteiger partial charge < -0.3 is 26.0 Å². The lowest BCUT2D eigenvalue weighted by atomic mass is 10.0. The van der Waals surface area contributed by atoms with Crippen LogP contribution in [-0.2, 0) is 11.3 Å². The molecular formula is C18H21ClN2O4. The van der Waals surface area contributed by atoms with Crippen LogP contribution in [0.1, 0.15) is 23.7 Å². The predicted molar refractivity (Wildman–Crippen MR) is 96.1 cm³/mol. The molecule has 2 rings (SSSR count). The highest BCUT2D eigenvalue weighted by atomic mass is 35.5. The van der Waals surface area contributed by atoms with Crippen LogP contribution in [-0.4, -0.2) is 29.0 Å². The number of carbonyl (C=O) groups is 1. The van der Waals surface area contributed by atoms with Crippen LogP contribution in [0.15, 0.2) is 48.5 Å². The zero-order chi connectivity index (χ0) is 18.2. The first-order chi connectivity index (χ1) is 12.0. The van der Waals surface area contributed by atoms with Gasteiger partial charge >= 0.3 is 6.09 Å². The standard InChI is InChI=1S/C18H21ClN2O4/c19-14-10-13(6-7-15(14)20)17(23)16(22)8-9-21-18(24)25-11-12-4-2-1-3-5-12/h1-7,10,16-17,22-23H,8-9,11,20H2,(H,21,24). The Labute approximate surface area is 151 Å². The van der Waals surface area contributed by atoms with Crippen molar-refractivity contribution in [3.05, 3.63) is 64.7 Å². The molecule has 5 N–H and O–H groups in total. The number of hydrogen-bond acceptors (Lipinski definition) is 5. The Morgan fingerprint density at radius 2 is 1.92 bits per heavy atom. The first-order valence-corrected chi connectivity index (χ1v) is 8.21. The van der Waals surface area contributed by atoms with Crippen LogP contribution in [0.5, 0.6) is 0 Å². The monoisotopic (exact) mass is 364 g/mol. The van der Waals surface area contributed by atoms with Crippen LogP contribution < -0.4 is 11.1 Å². The molecule has 0 spiro atoms. The van der Waals surface area contributed by atoms with E-state index in [4.69, 9.17) is 22.1 Å². The van der Waals surface area contributed by atoms with Crippen molar-refractivity contribution in [1.82, 2.24) is 5.32 Å². The zero-order valence-electron chi connectivity index (χ0n) is 13.6. The van der Waals surface area contributed by atoms with E-state index in [1.165, 1.54) is 6.07 Å². The van der Waals surface area contributed by atoms with Gasteiger partial charge in [-0.1, -0.05) is 48.0 Å². The van der Waals surface area contributed by atoms with Crippen LogP contribution in [0.25, 0.3) is 0 Å². The number of alkyl carbamates (subject to hydrolysis) is 1. The lowest BCUT2D eigenvalue weighted by molar-refractivity contribution is 0.0136. The Bertz CT molecular complexity index is 697. The minimum absolute atomic E-state index is 0.156. The summed E-state index contributed by atoms with van der Waals surface area (Å²) in [6, 6.07) is 14.0. The number of amides is 1. The molecule has 0 aliphatic carbocycles. The number of carbonyl (C=O) groups excluding carboxylic acids is 1. The first kappa shape index (κ1) is 19.1. The van der Waals surface area contributed by atoms with Crippen LogP contribution in [0.3, 0.4) is 0 Å². The minimum Gasteiger partial charge on any atom is -0.445 e. The molecule has 2 aromatic carbocycles. The molecule has 0 aliphatic heterocycles. The van der Waals surface area contributed by atoms with E-state index in [9.17, 15) is 15.0 Å². The fraction of sp³-hybridized carbons (Fsp3) is 0.278. The van der Waals surface area contributed by atoms with E-state index >= 15 is 0 Å². The molecule has 0 aliphatic rings. The van der Waals surface area contributed by atoms with Gasteiger partial charge in [0.05, 0.1) is 16.8 Å². The molecule has 0 saturated heterocycles. The van der Waals surface area contributed by atoms with E-state index in [1.54, 1.807) is 12.1 Å². The molecule has 0 heterocycles. The van der Waals surface area contributed by atoms with Crippen molar-refractivity contribution in [2.24, 2.45) is 0 Å². The number of aliphatic hydroxyl groups is 2. The minimum atomic E-state index is -1.12. The quantitative estimate of drug-likeness (QED) is 0.565. The fourth-order valence-electron chi connectivity index (χ4n) is 2.20. The highest BCUT2D eigenvalue weighted by Crippen LogP contribution is 2.25. The average molecular weight is 365 g/mol. The Kier molecular flexibility index (Phi) is 7.06. The smallest absolute Gasteiger partial charge is 0.407 e. The molecule has 6 nitrogen and oxygen atoms in total. The predicted octanol–water partition coefficient (Wildman–Crippen LogP) is 2.63. The summed E-state index contributed by atoms with van der Waals surface area (Å²) in [5, 5.41) is 23.0. The van der Waals surface area contributed by atoms with Crippen LogP contribution in [0, 0.1) is 0 Å². The zero-order valence-corrected chi connectivity index (χ0v) is 14.3. The summed E-state index contributed by atoms with van der Waals surface area (Å²) in [7, 11) is 0. The van der Waals surface area contributed by atoms with Crippen LogP contribution >= 0.6 is 11.6 Å². The number of nitrogens with two attached hydrogens (primary N) is 1. The fourth-order valence-corrected chi connectivity index (χ4v) is 2.39. The molecule has 1 amide bonds. The van der Waals surface area contributed by atoms with E-state index in [2.05, 4.69) is 5.32 Å². The van der Waals surface area contributed by atoms with Gasteiger partial charge in [-0.25, -0.2) is 4.79 Å². The van der Waals surface area contributed by atoms with Gasteiger partial charge in [0.15, 0.2) is 0 Å². The van der Waals surface area contributed by atoms with Gasteiger partial charge in [0, 0.05) is 6.54 Å². The maximum Gasteiger partial charge on any atom is 0.407 e. The van der Waals surface area contributed by atoms with Gasteiger partial charge in [-0.2, -0.15) is 0 Å². The summed E-state index contributed by atoms with van der Waals surface area (Å²) in [5.74, 6) is 0. The molecule has 134 valence electrons. The molecule has 2 aromatic rings. The summed E-state index contributed by atoms with van der Waals surface area (Å²) in [6.07, 6.45) is -2.61. The van der Waals surface area contributed by atoms with Crippen LogP contribution in [0.2, 0.25) is 5.02 Å². The number of rotatable bonds is 7. The Hall–Kier alpha value is -2.28. The normalized spacial score (nSPS) is 13.1. The molecule has 2 unspecified atom stereocenters. The molecule has 0 aromatic heterocycles. The summed E-state index contributed by atoms with van der Waals surface area (Å²) in [6.45, 7) is 0.330. The molecule has 0 bridgehead atoms. The third-order valence-corrected chi connectivity index (χ3v) is 3.98. The van der Waals surface area contributed by atoms with Crippen molar-refractivity contribution in [3.63, 3.8) is 0 Å². The Morgan fingerprint density at radius 1 is 1.20 bits per heavy atom. The maximum absolute atomic E-state index is 11.6. The molecule has 0 radical (unpaired) electrons. The van der Waals surface area contributed by atoms with Gasteiger partial charge in [0.2, 0.25) is 0 Å². The Balaban J connectivity index is 1.72. The summed E-state index contributed by atoms with van der Waals surface area (Å²) in [4.78, 5) is 11.6. The van der Waals surface area contributed by atoms with Crippen molar-refractivity contribution in [1.29, 1.82) is 0 Å². The number of anilines is 1. The molecule has 2 atom stereocenters. The number of nitrogens with one attached hydrogen (secondary N) is 1. The number of halogens is 1. The van der Waals surface area contributed by atoms with Gasteiger partial charge in [-0.15, -0.1) is 0 Å². The molecule has 7 heteroatoms. The first-order valence-electron chi connectivity index (χ1n) is 7.83. The number of nitrogen functional groups attached to an aromatic ring is 1. The molecule has 0 saturated carbocycles. The van der Waals surface area contributed by atoms with Gasteiger partial charge in [-0.05, 0) is 29.7 Å². The maximum atomic E-state index is 11.6.